The van der Waals surface area contributed by atoms with Gasteiger partial charge in [0.2, 0.25) is 0 Å². The first-order valence-electron chi connectivity index (χ1n) is 2.34. The number of hydrogen-bond acceptors (Lipinski definition) is 0. The highest BCUT2D eigenvalue weighted by Crippen LogP contribution is 2.24. The third kappa shape index (κ3) is 1.60. The van der Waals surface area contributed by atoms with Crippen LogP contribution in [-0.4, -0.2) is 5.92 Å². The summed E-state index contributed by atoms with van der Waals surface area (Å²) in [6.07, 6.45) is -0.400. The van der Waals surface area contributed by atoms with E-state index >= 15 is 0 Å². The lowest BCUT2D eigenvalue weighted by Crippen LogP contribution is -2.14. The molecule has 0 aliphatic heterocycles. The molecule has 47 valence electrons. The Bertz CT molecular complexity index is 94.7. The molecule has 0 heterocycles. The van der Waals surface area contributed by atoms with Crippen LogP contribution in [0.3, 0.4) is 0 Å². The van der Waals surface area contributed by atoms with Gasteiger partial charge in [0.15, 0.2) is 0 Å². The minimum atomic E-state index is -2.76. The first-order valence-corrected chi connectivity index (χ1v) is 2.34. The summed E-state index contributed by atoms with van der Waals surface area (Å²) in [7, 11) is 0. The maximum absolute atomic E-state index is 12.1. The van der Waals surface area contributed by atoms with Crippen LogP contribution in [0.15, 0.2) is 12.2 Å². The third-order valence-electron chi connectivity index (χ3n) is 0.938. The van der Waals surface area contributed by atoms with Gasteiger partial charge in [0.05, 0.1) is 0 Å². The lowest BCUT2D eigenvalue weighted by atomic mass is 10.1. The minimum absolute atomic E-state index is 0.118. The Morgan fingerprint density at radius 1 is 1.62 bits per heavy atom. The van der Waals surface area contributed by atoms with Crippen LogP contribution >= 0.6 is 0 Å². The van der Waals surface area contributed by atoms with Gasteiger partial charge in [0.25, 0.3) is 5.92 Å². The average molecular weight is 119 g/mol. The summed E-state index contributed by atoms with van der Waals surface area (Å²) < 4.78 is 24.2. The Morgan fingerprint density at radius 3 is 2.00 bits per heavy atom. The molecule has 0 bridgehead atoms. The number of hydrogen-bond donors (Lipinski definition) is 0. The predicted molar refractivity (Wildman–Crippen MR) is 29.7 cm³/mol. The van der Waals surface area contributed by atoms with Crippen molar-refractivity contribution in [3.05, 3.63) is 19.1 Å². The molecule has 0 saturated carbocycles. The van der Waals surface area contributed by atoms with E-state index in [0.29, 0.717) is 0 Å². The molecule has 1 radical (unpaired) electrons. The van der Waals surface area contributed by atoms with Crippen molar-refractivity contribution >= 4 is 0 Å². The summed E-state index contributed by atoms with van der Waals surface area (Å²) in [4.78, 5) is 0. The highest BCUT2D eigenvalue weighted by Gasteiger charge is 2.26. The van der Waals surface area contributed by atoms with E-state index in [1.165, 1.54) is 6.92 Å². The molecular formula is C6H9F2. The van der Waals surface area contributed by atoms with E-state index in [1.54, 1.807) is 0 Å². The molecule has 0 nitrogen and oxygen atoms in total. The van der Waals surface area contributed by atoms with Crippen molar-refractivity contribution in [2.75, 3.05) is 0 Å². The Morgan fingerprint density at radius 2 is 2.00 bits per heavy atom. The van der Waals surface area contributed by atoms with Crippen molar-refractivity contribution in [1.29, 1.82) is 0 Å². The smallest absolute Gasteiger partial charge is 0.202 e. The van der Waals surface area contributed by atoms with Crippen LogP contribution in [0.5, 0.6) is 0 Å². The van der Waals surface area contributed by atoms with Crippen molar-refractivity contribution in [2.45, 2.75) is 19.3 Å². The van der Waals surface area contributed by atoms with Crippen LogP contribution in [-0.2, 0) is 0 Å². The quantitative estimate of drug-likeness (QED) is 0.490. The largest absolute Gasteiger partial charge is 0.268 e. The Kier molecular flexibility index (Phi) is 2.13. The van der Waals surface area contributed by atoms with Crippen LogP contribution < -0.4 is 0 Å². The average Bonchev–Trinajstić information content (AvgIpc) is 1.67. The summed E-state index contributed by atoms with van der Waals surface area (Å²) >= 11 is 0. The van der Waals surface area contributed by atoms with Crippen LogP contribution in [0.2, 0.25) is 0 Å². The van der Waals surface area contributed by atoms with Gasteiger partial charge in [0, 0.05) is 6.42 Å². The van der Waals surface area contributed by atoms with E-state index in [9.17, 15) is 8.78 Å². The zero-order chi connectivity index (χ0) is 6.78. The van der Waals surface area contributed by atoms with Gasteiger partial charge in [-0.2, -0.15) is 0 Å². The molecule has 0 spiro atoms. The molecule has 0 aromatic carbocycles. The third-order valence-corrected chi connectivity index (χ3v) is 0.938. The molecule has 0 aliphatic carbocycles. The summed E-state index contributed by atoms with van der Waals surface area (Å²) in [5, 5.41) is 0. The second kappa shape index (κ2) is 2.25. The lowest BCUT2D eigenvalue weighted by Gasteiger charge is -2.11. The molecule has 2 heteroatoms. The van der Waals surface area contributed by atoms with E-state index in [-0.39, 0.29) is 5.57 Å². The second-order valence-corrected chi connectivity index (χ2v) is 1.73. The van der Waals surface area contributed by atoms with Crippen LogP contribution in [0.25, 0.3) is 0 Å². The highest BCUT2D eigenvalue weighted by molar-refractivity contribution is 5.03. The molecule has 0 saturated heterocycles. The van der Waals surface area contributed by atoms with Crippen molar-refractivity contribution in [3.63, 3.8) is 0 Å². The Labute approximate surface area is 48.2 Å². The SMILES string of the molecule is [CH2]CC(F)(F)C(=C)C. The number of allylic oxidation sites excluding steroid dienone is 1. The molecule has 0 rings (SSSR count). The topological polar surface area (TPSA) is 0 Å². The monoisotopic (exact) mass is 119 g/mol. The maximum Gasteiger partial charge on any atom is 0.268 e. The second-order valence-electron chi connectivity index (χ2n) is 1.73. The first kappa shape index (κ1) is 7.60. The molecule has 8 heavy (non-hydrogen) atoms. The van der Waals surface area contributed by atoms with Gasteiger partial charge < -0.3 is 0 Å². The van der Waals surface area contributed by atoms with Crippen molar-refractivity contribution in [1.82, 2.24) is 0 Å². The molecular weight excluding hydrogens is 110 g/mol. The zero-order valence-electron chi connectivity index (χ0n) is 4.88. The van der Waals surface area contributed by atoms with Crippen molar-refractivity contribution in [2.24, 2.45) is 0 Å². The van der Waals surface area contributed by atoms with Crippen LogP contribution in [0.1, 0.15) is 13.3 Å². The van der Waals surface area contributed by atoms with E-state index in [0.717, 1.165) is 0 Å². The van der Waals surface area contributed by atoms with Gasteiger partial charge >= 0.3 is 0 Å². The molecule has 0 fully saturated rings. The molecule has 0 aromatic rings. The summed E-state index contributed by atoms with van der Waals surface area (Å²) in [6.45, 7) is 7.47. The maximum atomic E-state index is 12.1. The van der Waals surface area contributed by atoms with Crippen LogP contribution in [0.4, 0.5) is 8.78 Å². The number of halogens is 2. The summed E-state index contributed by atoms with van der Waals surface area (Å²) in [6, 6.07) is 0. The van der Waals surface area contributed by atoms with Gasteiger partial charge in [-0.25, -0.2) is 8.78 Å². The van der Waals surface area contributed by atoms with Crippen molar-refractivity contribution in [3.8, 4) is 0 Å². The minimum Gasteiger partial charge on any atom is -0.202 e. The van der Waals surface area contributed by atoms with Gasteiger partial charge in [0.1, 0.15) is 0 Å². The van der Waals surface area contributed by atoms with E-state index < -0.39 is 12.3 Å². The Balaban J connectivity index is 3.91. The fourth-order valence-electron chi connectivity index (χ4n) is 0.213. The fourth-order valence-corrected chi connectivity index (χ4v) is 0.213. The van der Waals surface area contributed by atoms with Crippen molar-refractivity contribution < 1.29 is 8.78 Å². The standard InChI is InChI=1S/C6H9F2/c1-4-6(7,8)5(2)3/h1-2,4H2,3H3. The summed E-state index contributed by atoms with van der Waals surface area (Å²) in [5.41, 5.74) is -0.118. The molecule has 0 N–H and O–H groups in total. The molecule has 0 atom stereocenters. The van der Waals surface area contributed by atoms with E-state index in [4.69, 9.17) is 0 Å². The highest BCUT2D eigenvalue weighted by atomic mass is 19.3. The first-order chi connectivity index (χ1) is 3.50. The van der Waals surface area contributed by atoms with Gasteiger partial charge in [-0.15, -0.1) is 0 Å². The lowest BCUT2D eigenvalue weighted by molar-refractivity contribution is 0.0450. The van der Waals surface area contributed by atoms with E-state index in [2.05, 4.69) is 13.5 Å². The number of alkyl halides is 2. The predicted octanol–water partition coefficient (Wildman–Crippen LogP) is 2.42. The number of rotatable bonds is 2. The molecule has 0 amide bonds. The molecule has 0 aromatic heterocycles. The summed E-state index contributed by atoms with van der Waals surface area (Å²) in [5.74, 6) is -2.76. The van der Waals surface area contributed by atoms with Gasteiger partial charge in [-0.3, -0.25) is 0 Å². The van der Waals surface area contributed by atoms with Gasteiger partial charge in [-0.1, -0.05) is 6.58 Å². The zero-order valence-corrected chi connectivity index (χ0v) is 4.88. The van der Waals surface area contributed by atoms with Gasteiger partial charge in [-0.05, 0) is 19.4 Å². The van der Waals surface area contributed by atoms with E-state index in [1.807, 2.05) is 0 Å². The van der Waals surface area contributed by atoms with Crippen LogP contribution in [0, 0.1) is 6.92 Å². The Hall–Kier alpha value is -0.400. The molecule has 0 unspecified atom stereocenters. The normalized spacial score (nSPS) is 11.5. The fraction of sp³-hybridized carbons (Fsp3) is 0.500. The molecule has 0 aliphatic rings.